The third-order valence-electron chi connectivity index (χ3n) is 3.05. The van der Waals surface area contributed by atoms with Crippen molar-refractivity contribution in [3.05, 3.63) is 53.6 Å². The molecule has 0 atom stereocenters. The SMILES string of the molecule is COc1ccc(CC(=O)Nc2ccc(N)cc2C)cc1. The Morgan fingerprint density at radius 2 is 1.90 bits per heavy atom. The number of ether oxygens (including phenoxy) is 1. The molecule has 0 saturated heterocycles. The predicted molar refractivity (Wildman–Crippen MR) is 80.9 cm³/mol. The molecular formula is C16H18N2O2. The summed E-state index contributed by atoms with van der Waals surface area (Å²) in [7, 11) is 1.62. The van der Waals surface area contributed by atoms with Crippen molar-refractivity contribution >= 4 is 17.3 Å². The van der Waals surface area contributed by atoms with Crippen molar-refractivity contribution in [3.8, 4) is 5.75 Å². The molecule has 1 amide bonds. The van der Waals surface area contributed by atoms with Crippen LogP contribution in [0.3, 0.4) is 0 Å². The van der Waals surface area contributed by atoms with Crippen LogP contribution in [0.15, 0.2) is 42.5 Å². The molecule has 0 unspecified atom stereocenters. The van der Waals surface area contributed by atoms with Crippen LogP contribution in [0.1, 0.15) is 11.1 Å². The molecule has 0 saturated carbocycles. The first kappa shape index (κ1) is 13.9. The van der Waals surface area contributed by atoms with E-state index in [2.05, 4.69) is 5.32 Å². The summed E-state index contributed by atoms with van der Waals surface area (Å²) in [6, 6.07) is 12.9. The first-order valence-electron chi connectivity index (χ1n) is 6.37. The normalized spacial score (nSPS) is 10.1. The average Bonchev–Trinajstić information content (AvgIpc) is 2.43. The van der Waals surface area contributed by atoms with E-state index < -0.39 is 0 Å². The van der Waals surface area contributed by atoms with Crippen LogP contribution in [0.25, 0.3) is 0 Å². The Bertz CT molecular complexity index is 606. The number of carbonyl (C=O) groups is 1. The summed E-state index contributed by atoms with van der Waals surface area (Å²) >= 11 is 0. The summed E-state index contributed by atoms with van der Waals surface area (Å²) in [4.78, 5) is 12.0. The van der Waals surface area contributed by atoms with Crippen LogP contribution in [0.4, 0.5) is 11.4 Å². The van der Waals surface area contributed by atoms with Crippen molar-refractivity contribution in [3.63, 3.8) is 0 Å². The second-order valence-electron chi connectivity index (χ2n) is 4.65. The molecule has 0 heterocycles. The maximum Gasteiger partial charge on any atom is 0.228 e. The van der Waals surface area contributed by atoms with Crippen LogP contribution in [0, 0.1) is 6.92 Å². The van der Waals surface area contributed by atoms with E-state index >= 15 is 0 Å². The first-order chi connectivity index (χ1) is 9.58. The van der Waals surface area contributed by atoms with E-state index in [1.54, 1.807) is 13.2 Å². The fourth-order valence-electron chi connectivity index (χ4n) is 1.95. The minimum atomic E-state index is -0.0527. The highest BCUT2D eigenvalue weighted by Gasteiger charge is 2.06. The molecule has 0 aromatic heterocycles. The zero-order chi connectivity index (χ0) is 14.5. The number of nitrogens with two attached hydrogens (primary N) is 1. The van der Waals surface area contributed by atoms with E-state index in [0.717, 1.165) is 22.6 Å². The molecule has 0 aliphatic carbocycles. The number of carbonyl (C=O) groups excluding carboxylic acids is 1. The summed E-state index contributed by atoms with van der Waals surface area (Å²) in [6.07, 6.45) is 0.327. The van der Waals surface area contributed by atoms with E-state index in [1.807, 2.05) is 43.3 Å². The number of aryl methyl sites for hydroxylation is 1. The molecule has 2 aromatic rings. The number of hydrogen-bond donors (Lipinski definition) is 2. The molecular weight excluding hydrogens is 252 g/mol. The van der Waals surface area contributed by atoms with Crippen LogP contribution < -0.4 is 15.8 Å². The smallest absolute Gasteiger partial charge is 0.228 e. The van der Waals surface area contributed by atoms with Crippen molar-refractivity contribution < 1.29 is 9.53 Å². The van der Waals surface area contributed by atoms with Crippen molar-refractivity contribution in [1.29, 1.82) is 0 Å². The molecule has 4 nitrogen and oxygen atoms in total. The highest BCUT2D eigenvalue weighted by Crippen LogP contribution is 2.18. The molecule has 2 rings (SSSR count). The Kier molecular flexibility index (Phi) is 4.25. The summed E-state index contributed by atoms with van der Waals surface area (Å²) in [5, 5.41) is 2.89. The largest absolute Gasteiger partial charge is 0.497 e. The van der Waals surface area contributed by atoms with Crippen LogP contribution >= 0.6 is 0 Å². The van der Waals surface area contributed by atoms with E-state index in [0.29, 0.717) is 12.1 Å². The lowest BCUT2D eigenvalue weighted by atomic mass is 10.1. The van der Waals surface area contributed by atoms with Gasteiger partial charge in [-0.3, -0.25) is 4.79 Å². The summed E-state index contributed by atoms with van der Waals surface area (Å²) in [6.45, 7) is 1.92. The second-order valence-corrected chi connectivity index (χ2v) is 4.65. The topological polar surface area (TPSA) is 64.3 Å². The fourth-order valence-corrected chi connectivity index (χ4v) is 1.95. The van der Waals surface area contributed by atoms with Gasteiger partial charge >= 0.3 is 0 Å². The lowest BCUT2D eigenvalue weighted by Gasteiger charge is -2.09. The lowest BCUT2D eigenvalue weighted by molar-refractivity contribution is -0.115. The van der Waals surface area contributed by atoms with Gasteiger partial charge in [0.1, 0.15) is 5.75 Å². The van der Waals surface area contributed by atoms with Crippen LogP contribution in [0.5, 0.6) is 5.75 Å². The van der Waals surface area contributed by atoms with Crippen molar-refractivity contribution in [2.75, 3.05) is 18.2 Å². The van der Waals surface area contributed by atoms with Gasteiger partial charge in [-0.15, -0.1) is 0 Å². The number of nitrogen functional groups attached to an aromatic ring is 1. The summed E-state index contributed by atoms with van der Waals surface area (Å²) < 4.78 is 5.08. The van der Waals surface area contributed by atoms with E-state index in [4.69, 9.17) is 10.5 Å². The Morgan fingerprint density at radius 1 is 1.20 bits per heavy atom. The van der Waals surface area contributed by atoms with Crippen molar-refractivity contribution in [1.82, 2.24) is 0 Å². The Morgan fingerprint density at radius 3 is 2.50 bits per heavy atom. The first-order valence-corrected chi connectivity index (χ1v) is 6.37. The minimum absolute atomic E-state index is 0.0527. The standard InChI is InChI=1S/C16H18N2O2/c1-11-9-13(17)5-8-15(11)18-16(19)10-12-3-6-14(20-2)7-4-12/h3-9H,10,17H2,1-2H3,(H,18,19). The maximum atomic E-state index is 12.0. The van der Waals surface area contributed by atoms with Gasteiger partial charge in [0, 0.05) is 11.4 Å². The van der Waals surface area contributed by atoms with Gasteiger partial charge in [-0.05, 0) is 48.4 Å². The molecule has 0 fully saturated rings. The highest BCUT2D eigenvalue weighted by atomic mass is 16.5. The van der Waals surface area contributed by atoms with Gasteiger partial charge in [0.25, 0.3) is 0 Å². The molecule has 0 bridgehead atoms. The zero-order valence-electron chi connectivity index (χ0n) is 11.6. The number of nitrogens with one attached hydrogen (secondary N) is 1. The quantitative estimate of drug-likeness (QED) is 0.840. The summed E-state index contributed by atoms with van der Waals surface area (Å²) in [5.74, 6) is 0.728. The molecule has 20 heavy (non-hydrogen) atoms. The van der Waals surface area contributed by atoms with Crippen LogP contribution in [0.2, 0.25) is 0 Å². The van der Waals surface area contributed by atoms with Crippen molar-refractivity contribution in [2.45, 2.75) is 13.3 Å². The molecule has 4 heteroatoms. The van der Waals surface area contributed by atoms with Gasteiger partial charge in [0.05, 0.1) is 13.5 Å². The minimum Gasteiger partial charge on any atom is -0.497 e. The van der Waals surface area contributed by atoms with Gasteiger partial charge < -0.3 is 15.8 Å². The third-order valence-corrected chi connectivity index (χ3v) is 3.05. The number of hydrogen-bond acceptors (Lipinski definition) is 3. The Balaban J connectivity index is 2.01. The fraction of sp³-hybridized carbons (Fsp3) is 0.188. The molecule has 0 spiro atoms. The molecule has 3 N–H and O–H groups in total. The zero-order valence-corrected chi connectivity index (χ0v) is 11.6. The number of benzene rings is 2. The van der Waals surface area contributed by atoms with E-state index in [1.165, 1.54) is 0 Å². The van der Waals surface area contributed by atoms with Gasteiger partial charge in [-0.1, -0.05) is 12.1 Å². The highest BCUT2D eigenvalue weighted by molar-refractivity contribution is 5.93. The van der Waals surface area contributed by atoms with Crippen LogP contribution in [-0.4, -0.2) is 13.0 Å². The summed E-state index contributed by atoms with van der Waals surface area (Å²) in [5.41, 5.74) is 9.06. The second kappa shape index (κ2) is 6.10. The monoisotopic (exact) mass is 270 g/mol. The van der Waals surface area contributed by atoms with Crippen LogP contribution in [-0.2, 0) is 11.2 Å². The average molecular weight is 270 g/mol. The number of methoxy groups -OCH3 is 1. The van der Waals surface area contributed by atoms with Gasteiger partial charge in [0.2, 0.25) is 5.91 Å². The number of amides is 1. The van der Waals surface area contributed by atoms with E-state index in [-0.39, 0.29) is 5.91 Å². The molecule has 0 aliphatic heterocycles. The maximum absolute atomic E-state index is 12.0. The Hall–Kier alpha value is -2.49. The third kappa shape index (κ3) is 3.51. The molecule has 0 radical (unpaired) electrons. The Labute approximate surface area is 118 Å². The predicted octanol–water partition coefficient (Wildman–Crippen LogP) is 2.77. The van der Waals surface area contributed by atoms with Gasteiger partial charge in [0.15, 0.2) is 0 Å². The van der Waals surface area contributed by atoms with Gasteiger partial charge in [-0.25, -0.2) is 0 Å². The van der Waals surface area contributed by atoms with Gasteiger partial charge in [-0.2, -0.15) is 0 Å². The lowest BCUT2D eigenvalue weighted by Crippen LogP contribution is -2.15. The molecule has 104 valence electrons. The number of rotatable bonds is 4. The molecule has 0 aliphatic rings. The van der Waals surface area contributed by atoms with Crippen molar-refractivity contribution in [2.24, 2.45) is 0 Å². The number of anilines is 2. The molecule has 2 aromatic carbocycles. The van der Waals surface area contributed by atoms with E-state index in [9.17, 15) is 4.79 Å².